The maximum Gasteiger partial charge on any atom is 0.254 e. The van der Waals surface area contributed by atoms with E-state index in [9.17, 15) is 4.79 Å². The Balaban J connectivity index is 1.43. The van der Waals surface area contributed by atoms with Crippen molar-refractivity contribution in [2.24, 2.45) is 17.5 Å². The monoisotopic (exact) mass is 426 g/mol. The van der Waals surface area contributed by atoms with Crippen molar-refractivity contribution in [3.05, 3.63) is 58.4 Å². The Bertz CT molecular complexity index is 1330. The largest absolute Gasteiger partial charge is 0.335 e. The molecule has 32 heavy (non-hydrogen) atoms. The molecule has 1 saturated heterocycles. The zero-order chi connectivity index (χ0) is 22.4. The minimum atomic E-state index is -0.0327. The number of aryl methyl sites for hydroxylation is 2. The number of fused-ring (bicyclic) bond motifs is 6. The lowest BCUT2D eigenvalue weighted by atomic mass is 9.51. The second-order valence-electron chi connectivity index (χ2n) is 10.6. The number of likely N-dealkylation sites (tertiary alicyclic amines) is 1. The minimum Gasteiger partial charge on any atom is -0.335 e. The van der Waals surface area contributed by atoms with Crippen LogP contribution in [0.5, 0.6) is 0 Å². The molecule has 1 aliphatic carbocycles. The van der Waals surface area contributed by atoms with E-state index in [1.807, 2.05) is 24.4 Å². The highest BCUT2D eigenvalue weighted by Gasteiger charge is 2.57. The molecule has 3 aliphatic rings. The van der Waals surface area contributed by atoms with Gasteiger partial charge in [-0.25, -0.2) is 4.98 Å². The third-order valence-corrected chi connectivity index (χ3v) is 8.95. The number of amides is 1. The van der Waals surface area contributed by atoms with Gasteiger partial charge in [0.15, 0.2) is 0 Å². The van der Waals surface area contributed by atoms with Gasteiger partial charge in [-0.15, -0.1) is 0 Å². The van der Waals surface area contributed by atoms with Gasteiger partial charge in [-0.05, 0) is 72.2 Å². The molecule has 0 N–H and O–H groups in total. The number of piperidine rings is 1. The summed E-state index contributed by atoms with van der Waals surface area (Å²) in [6.07, 6.45) is 4.58. The molecule has 3 aromatic rings. The van der Waals surface area contributed by atoms with E-state index < -0.39 is 0 Å². The number of imidazole rings is 1. The minimum absolute atomic E-state index is 0.0141. The lowest BCUT2D eigenvalue weighted by Gasteiger charge is -2.60. The zero-order valence-corrected chi connectivity index (χ0v) is 19.6. The molecule has 2 aliphatic heterocycles. The quantitative estimate of drug-likeness (QED) is 0.556. The topological polar surface area (TPSA) is 50.5 Å². The first-order valence-corrected chi connectivity index (χ1v) is 11.6. The molecule has 0 spiro atoms. The summed E-state index contributed by atoms with van der Waals surface area (Å²) in [5.41, 5.74) is 7.97. The molecule has 0 saturated carbocycles. The van der Waals surface area contributed by atoms with Gasteiger partial charge in [0, 0.05) is 43.2 Å². The number of aromatic nitrogens is 2. The highest BCUT2D eigenvalue weighted by atomic mass is 16.2. The second kappa shape index (κ2) is 6.31. The van der Waals surface area contributed by atoms with Crippen LogP contribution >= 0.6 is 0 Å². The Morgan fingerprint density at radius 3 is 2.75 bits per heavy atom. The lowest BCUT2D eigenvalue weighted by Crippen LogP contribution is -2.64. The van der Waals surface area contributed by atoms with Crippen molar-refractivity contribution in [2.45, 2.75) is 58.4 Å². The summed E-state index contributed by atoms with van der Waals surface area (Å²) in [6.45, 7) is 9.97. The van der Waals surface area contributed by atoms with Gasteiger partial charge in [-0.2, -0.15) is 0 Å². The van der Waals surface area contributed by atoms with Gasteiger partial charge in [-0.3, -0.25) is 9.79 Å². The van der Waals surface area contributed by atoms with E-state index in [0.29, 0.717) is 0 Å². The van der Waals surface area contributed by atoms with Crippen LogP contribution in [0.1, 0.15) is 60.1 Å². The Labute approximate surface area is 189 Å². The molecule has 2 atom stereocenters. The average Bonchev–Trinajstić information content (AvgIpc) is 3.33. The van der Waals surface area contributed by atoms with Crippen molar-refractivity contribution in [3.63, 3.8) is 0 Å². The fourth-order valence-electron chi connectivity index (χ4n) is 6.38. The highest BCUT2D eigenvalue weighted by molar-refractivity contribution is 5.96. The summed E-state index contributed by atoms with van der Waals surface area (Å²) in [6, 6.07) is 10.8. The van der Waals surface area contributed by atoms with Crippen molar-refractivity contribution in [2.75, 3.05) is 6.54 Å². The number of benzene rings is 2. The van der Waals surface area contributed by atoms with Crippen LogP contribution in [-0.2, 0) is 25.3 Å². The van der Waals surface area contributed by atoms with Crippen LogP contribution in [0.25, 0.3) is 11.0 Å². The van der Waals surface area contributed by atoms with Crippen LogP contribution in [0.3, 0.4) is 0 Å². The molecule has 0 unspecified atom stereocenters. The Morgan fingerprint density at radius 1 is 1.12 bits per heavy atom. The third kappa shape index (κ3) is 2.42. The molecule has 1 aromatic heterocycles. The van der Waals surface area contributed by atoms with Crippen molar-refractivity contribution in [1.82, 2.24) is 14.5 Å². The van der Waals surface area contributed by atoms with E-state index >= 15 is 0 Å². The van der Waals surface area contributed by atoms with Crippen molar-refractivity contribution < 1.29 is 4.79 Å². The zero-order valence-electron chi connectivity index (χ0n) is 19.6. The number of hydrogen-bond acceptors (Lipinski definition) is 3. The molecule has 1 fully saturated rings. The summed E-state index contributed by atoms with van der Waals surface area (Å²) in [5, 5.41) is 0. The molecular weight excluding hydrogens is 396 g/mol. The van der Waals surface area contributed by atoms with Gasteiger partial charge in [0.2, 0.25) is 0 Å². The molecule has 1 amide bonds. The molecule has 2 bridgehead atoms. The fraction of sp³-hybridized carbons (Fsp3) is 0.444. The van der Waals surface area contributed by atoms with E-state index in [1.165, 1.54) is 16.6 Å². The summed E-state index contributed by atoms with van der Waals surface area (Å²) in [4.78, 5) is 25.1. The van der Waals surface area contributed by atoms with Crippen molar-refractivity contribution in [1.29, 1.82) is 0 Å². The van der Waals surface area contributed by atoms with E-state index in [1.54, 1.807) is 0 Å². The normalized spacial score (nSPS) is 25.2. The third-order valence-electron chi connectivity index (χ3n) is 8.95. The number of carbonyl (C=O) groups excluding carboxylic acids is 1. The lowest BCUT2D eigenvalue weighted by molar-refractivity contribution is -0.0261. The number of rotatable bonds is 1. The molecule has 164 valence electrons. The number of carbonyl (C=O) groups is 1. The smallest absolute Gasteiger partial charge is 0.254 e. The predicted octanol–water partition coefficient (Wildman–Crippen LogP) is 4.89. The van der Waals surface area contributed by atoms with Gasteiger partial charge in [0.05, 0.1) is 16.7 Å². The van der Waals surface area contributed by atoms with Gasteiger partial charge >= 0.3 is 0 Å². The van der Waals surface area contributed by atoms with Crippen LogP contribution in [0, 0.1) is 12.3 Å². The Morgan fingerprint density at radius 2 is 1.94 bits per heavy atom. The Hall–Kier alpha value is -2.95. The highest BCUT2D eigenvalue weighted by Crippen LogP contribution is 2.56. The molecule has 6 rings (SSSR count). The van der Waals surface area contributed by atoms with E-state index in [0.717, 1.165) is 54.0 Å². The standard InChI is InChI=1S/C27H30N4O/c1-16-29-22-13-19-14-24-26(2,3)27(4,20(19)15-23(22)30(16)5)9-11-31(24)25(32)18-6-7-21-17(12-18)8-10-28-21/h6-7,10,12-13,15,24H,8-9,11,14H2,1-5H3/t24-,27+/m1/s1. The van der Waals surface area contributed by atoms with Gasteiger partial charge in [-0.1, -0.05) is 20.8 Å². The second-order valence-corrected chi connectivity index (χ2v) is 10.6. The number of hydrogen-bond donors (Lipinski definition) is 0. The van der Waals surface area contributed by atoms with Gasteiger partial charge in [0.1, 0.15) is 5.82 Å². The SMILES string of the molecule is Cc1nc2cc3c(cc2n1C)[C@]1(C)CCN(C(=O)c2ccc4c(c2)CC=N4)[C@H](C3)C1(C)C. The summed E-state index contributed by atoms with van der Waals surface area (Å²) in [7, 11) is 2.10. The van der Waals surface area contributed by atoms with Gasteiger partial charge < -0.3 is 9.47 Å². The molecular formula is C27H30N4O. The first-order chi connectivity index (χ1) is 15.2. The van der Waals surface area contributed by atoms with E-state index in [2.05, 4.69) is 61.3 Å². The fourth-order valence-corrected chi connectivity index (χ4v) is 6.38. The Kier molecular flexibility index (Phi) is 3.88. The maximum atomic E-state index is 13.7. The van der Waals surface area contributed by atoms with Crippen molar-refractivity contribution in [3.8, 4) is 0 Å². The van der Waals surface area contributed by atoms with Gasteiger partial charge in [0.25, 0.3) is 5.91 Å². The predicted molar refractivity (Wildman–Crippen MR) is 128 cm³/mol. The maximum absolute atomic E-state index is 13.7. The molecule has 5 nitrogen and oxygen atoms in total. The first-order valence-electron chi connectivity index (χ1n) is 11.6. The molecule has 3 heterocycles. The number of aliphatic imine (C=N–C) groups is 1. The van der Waals surface area contributed by atoms with Crippen LogP contribution in [0.4, 0.5) is 5.69 Å². The average molecular weight is 427 g/mol. The molecule has 2 aromatic carbocycles. The molecule has 5 heteroatoms. The van der Waals surface area contributed by atoms with Crippen LogP contribution in [0.2, 0.25) is 0 Å². The van der Waals surface area contributed by atoms with E-state index in [4.69, 9.17) is 4.98 Å². The van der Waals surface area contributed by atoms with Crippen LogP contribution in [0.15, 0.2) is 35.3 Å². The summed E-state index contributed by atoms with van der Waals surface area (Å²) in [5.74, 6) is 1.19. The number of nitrogens with zero attached hydrogens (tertiary/aromatic N) is 4. The van der Waals surface area contributed by atoms with Crippen LogP contribution in [-0.4, -0.2) is 39.2 Å². The van der Waals surface area contributed by atoms with Crippen molar-refractivity contribution >= 4 is 28.8 Å². The molecule has 0 radical (unpaired) electrons. The van der Waals surface area contributed by atoms with E-state index in [-0.39, 0.29) is 22.8 Å². The first kappa shape index (κ1) is 19.7. The summed E-state index contributed by atoms with van der Waals surface area (Å²) >= 11 is 0. The summed E-state index contributed by atoms with van der Waals surface area (Å²) < 4.78 is 2.19. The van der Waals surface area contributed by atoms with Crippen LogP contribution < -0.4 is 0 Å².